The highest BCUT2D eigenvalue weighted by Gasteiger charge is 2.15. The predicted molar refractivity (Wildman–Crippen MR) is 118 cm³/mol. The monoisotopic (exact) mass is 393 g/mol. The van der Waals surface area contributed by atoms with Gasteiger partial charge < -0.3 is 4.98 Å². The van der Waals surface area contributed by atoms with Gasteiger partial charge in [-0.25, -0.2) is 0 Å². The summed E-state index contributed by atoms with van der Waals surface area (Å²) in [4.78, 5) is 12.2. The molecule has 5 heterocycles. The third kappa shape index (κ3) is 2.65. The van der Waals surface area contributed by atoms with Crippen molar-refractivity contribution in [2.75, 3.05) is 0 Å². The lowest BCUT2D eigenvalue weighted by molar-refractivity contribution is 1.12. The number of hydrogen-bond donors (Lipinski definition) is 2. The number of H-pyrrole nitrogens is 2. The van der Waals surface area contributed by atoms with Gasteiger partial charge in [-0.05, 0) is 59.0 Å². The molecule has 6 rings (SSSR count). The summed E-state index contributed by atoms with van der Waals surface area (Å²) in [6.45, 7) is 0. The summed E-state index contributed by atoms with van der Waals surface area (Å²) >= 11 is 1.68. The number of pyridine rings is 2. The maximum absolute atomic E-state index is 4.61. The van der Waals surface area contributed by atoms with Crippen LogP contribution in [0.5, 0.6) is 0 Å². The minimum atomic E-state index is 0.906. The fourth-order valence-corrected chi connectivity index (χ4v) is 4.39. The van der Waals surface area contributed by atoms with E-state index in [-0.39, 0.29) is 0 Å². The largest absolute Gasteiger partial charge is 0.353 e. The van der Waals surface area contributed by atoms with Gasteiger partial charge in [0.2, 0.25) is 0 Å². The average Bonchev–Trinajstić information content (AvgIpc) is 3.52. The van der Waals surface area contributed by atoms with Crippen LogP contribution in [0.25, 0.3) is 55.6 Å². The Balaban J connectivity index is 1.53. The first-order valence-electron chi connectivity index (χ1n) is 9.26. The summed E-state index contributed by atoms with van der Waals surface area (Å²) in [5.74, 6) is 0. The van der Waals surface area contributed by atoms with Crippen LogP contribution in [0.3, 0.4) is 0 Å². The van der Waals surface area contributed by atoms with Crippen molar-refractivity contribution in [2.45, 2.75) is 0 Å². The van der Waals surface area contributed by atoms with Crippen molar-refractivity contribution in [1.82, 2.24) is 25.1 Å². The van der Waals surface area contributed by atoms with Crippen molar-refractivity contribution in [3.05, 3.63) is 77.9 Å². The zero-order valence-electron chi connectivity index (χ0n) is 15.3. The Labute approximate surface area is 170 Å². The molecule has 2 N–H and O–H groups in total. The molecule has 0 unspecified atom stereocenters. The third-order valence-electron chi connectivity index (χ3n) is 5.17. The molecule has 0 saturated heterocycles. The van der Waals surface area contributed by atoms with Crippen molar-refractivity contribution in [2.24, 2.45) is 0 Å². The zero-order valence-corrected chi connectivity index (χ0v) is 16.1. The highest BCUT2D eigenvalue weighted by atomic mass is 32.1. The number of thiophene rings is 1. The molecule has 0 radical (unpaired) electrons. The number of nitrogens with one attached hydrogen (secondary N) is 2. The van der Waals surface area contributed by atoms with Crippen LogP contribution < -0.4 is 0 Å². The minimum Gasteiger partial charge on any atom is -0.353 e. The van der Waals surface area contributed by atoms with Crippen LogP contribution in [0.4, 0.5) is 0 Å². The number of aromatic amines is 2. The molecule has 1 aromatic carbocycles. The van der Waals surface area contributed by atoms with Gasteiger partial charge in [-0.1, -0.05) is 6.07 Å². The molecule has 0 saturated carbocycles. The number of rotatable bonds is 3. The van der Waals surface area contributed by atoms with E-state index < -0.39 is 0 Å². The standard InChI is InChI=1S/C23H15N5S/c1-2-20-17(11-15(1)14-3-7-24-8-4-14)23(28-27-20)21-12-18-19(26-21)5-9-25-22(18)16-6-10-29-13-16/h1-13,26H,(H,27,28). The van der Waals surface area contributed by atoms with Crippen LogP contribution in [-0.2, 0) is 0 Å². The molecule has 0 aliphatic heterocycles. The lowest BCUT2D eigenvalue weighted by atomic mass is 10.0. The average molecular weight is 393 g/mol. The Bertz CT molecular complexity index is 1450. The van der Waals surface area contributed by atoms with E-state index in [2.05, 4.69) is 66.2 Å². The van der Waals surface area contributed by atoms with Crippen LogP contribution in [0, 0.1) is 0 Å². The van der Waals surface area contributed by atoms with Crippen molar-refractivity contribution in [3.63, 3.8) is 0 Å². The molecular weight excluding hydrogens is 378 g/mol. The number of hydrogen-bond acceptors (Lipinski definition) is 4. The molecule has 6 heteroatoms. The minimum absolute atomic E-state index is 0.906. The Morgan fingerprint density at radius 1 is 0.724 bits per heavy atom. The normalized spacial score (nSPS) is 11.4. The zero-order chi connectivity index (χ0) is 19.2. The van der Waals surface area contributed by atoms with Crippen molar-refractivity contribution < 1.29 is 0 Å². The van der Waals surface area contributed by atoms with E-state index in [9.17, 15) is 0 Å². The maximum atomic E-state index is 4.61. The molecule has 0 atom stereocenters. The van der Waals surface area contributed by atoms with Crippen molar-refractivity contribution in [3.8, 4) is 33.8 Å². The van der Waals surface area contributed by atoms with E-state index in [0.29, 0.717) is 0 Å². The summed E-state index contributed by atoms with van der Waals surface area (Å²) in [5.41, 5.74) is 8.34. The first-order chi connectivity index (χ1) is 14.4. The lowest BCUT2D eigenvalue weighted by Crippen LogP contribution is -1.81. The summed E-state index contributed by atoms with van der Waals surface area (Å²) in [7, 11) is 0. The van der Waals surface area contributed by atoms with E-state index in [4.69, 9.17) is 0 Å². The summed E-state index contributed by atoms with van der Waals surface area (Å²) in [5, 5.41) is 14.1. The summed E-state index contributed by atoms with van der Waals surface area (Å²) in [6, 6.07) is 16.6. The highest BCUT2D eigenvalue weighted by Crippen LogP contribution is 2.34. The van der Waals surface area contributed by atoms with E-state index in [1.165, 1.54) is 0 Å². The first kappa shape index (κ1) is 16.2. The molecule has 0 spiro atoms. The fraction of sp³-hybridized carbons (Fsp3) is 0. The SMILES string of the molecule is c1cc(-c2ccc3[nH]nc(-c4cc5c(-c6ccsc6)nccc5[nH]4)c3c2)ccn1. The van der Waals surface area contributed by atoms with Gasteiger partial charge >= 0.3 is 0 Å². The van der Waals surface area contributed by atoms with E-state index >= 15 is 0 Å². The van der Waals surface area contributed by atoms with E-state index in [1.807, 2.05) is 36.8 Å². The summed E-state index contributed by atoms with van der Waals surface area (Å²) < 4.78 is 0. The van der Waals surface area contributed by atoms with Gasteiger partial charge in [-0.15, -0.1) is 0 Å². The molecule has 5 nitrogen and oxygen atoms in total. The predicted octanol–water partition coefficient (Wildman–Crippen LogP) is 5.90. The Morgan fingerprint density at radius 2 is 1.62 bits per heavy atom. The second-order valence-electron chi connectivity index (χ2n) is 6.88. The second-order valence-corrected chi connectivity index (χ2v) is 7.66. The molecular formula is C23H15N5S. The molecule has 0 amide bonds. The molecule has 0 fully saturated rings. The van der Waals surface area contributed by atoms with Gasteiger partial charge in [0, 0.05) is 45.8 Å². The number of fused-ring (bicyclic) bond motifs is 2. The smallest absolute Gasteiger partial charge is 0.116 e. The Kier molecular flexibility index (Phi) is 3.57. The van der Waals surface area contributed by atoms with Gasteiger partial charge in [0.05, 0.1) is 16.9 Å². The van der Waals surface area contributed by atoms with Crippen LogP contribution in [0.1, 0.15) is 0 Å². The third-order valence-corrected chi connectivity index (χ3v) is 5.86. The number of nitrogens with zero attached hydrogens (tertiary/aromatic N) is 3. The van der Waals surface area contributed by atoms with Crippen molar-refractivity contribution in [1.29, 1.82) is 0 Å². The Morgan fingerprint density at radius 3 is 2.48 bits per heavy atom. The Hall–Kier alpha value is -3.77. The van der Waals surface area contributed by atoms with E-state index in [0.717, 1.165) is 55.6 Å². The topological polar surface area (TPSA) is 70.2 Å². The molecule has 29 heavy (non-hydrogen) atoms. The number of benzene rings is 1. The quantitative estimate of drug-likeness (QED) is 0.393. The molecule has 138 valence electrons. The van der Waals surface area contributed by atoms with Gasteiger partial charge in [0.1, 0.15) is 5.69 Å². The van der Waals surface area contributed by atoms with Gasteiger partial charge in [-0.3, -0.25) is 15.1 Å². The molecule has 0 aliphatic rings. The van der Waals surface area contributed by atoms with Crippen LogP contribution in [-0.4, -0.2) is 25.1 Å². The fourth-order valence-electron chi connectivity index (χ4n) is 3.75. The van der Waals surface area contributed by atoms with Gasteiger partial charge in [-0.2, -0.15) is 16.4 Å². The summed E-state index contributed by atoms with van der Waals surface area (Å²) in [6.07, 6.45) is 5.47. The van der Waals surface area contributed by atoms with Gasteiger partial charge in [0.25, 0.3) is 0 Å². The van der Waals surface area contributed by atoms with Crippen LogP contribution in [0.2, 0.25) is 0 Å². The van der Waals surface area contributed by atoms with Crippen LogP contribution >= 0.6 is 11.3 Å². The lowest BCUT2D eigenvalue weighted by Gasteiger charge is -2.02. The molecule has 5 aromatic heterocycles. The first-order valence-corrected chi connectivity index (χ1v) is 10.2. The molecule has 0 bridgehead atoms. The molecule has 0 aliphatic carbocycles. The van der Waals surface area contributed by atoms with Crippen LogP contribution in [0.15, 0.2) is 77.9 Å². The second kappa shape index (κ2) is 6.39. The van der Waals surface area contributed by atoms with Crippen molar-refractivity contribution >= 4 is 33.1 Å². The highest BCUT2D eigenvalue weighted by molar-refractivity contribution is 7.08. The number of aromatic nitrogens is 5. The molecule has 6 aromatic rings. The maximum Gasteiger partial charge on any atom is 0.116 e. The van der Waals surface area contributed by atoms with E-state index in [1.54, 1.807) is 11.3 Å². The van der Waals surface area contributed by atoms with Gasteiger partial charge in [0.15, 0.2) is 0 Å².